The van der Waals surface area contributed by atoms with Crippen LogP contribution in [0.1, 0.15) is 0 Å². The van der Waals surface area contributed by atoms with Crippen LogP contribution in [0, 0.1) is 0 Å². The maximum Gasteiger partial charge on any atom is 0.325 e. The van der Waals surface area contributed by atoms with Gasteiger partial charge in [-0.2, -0.15) is 15.2 Å². The van der Waals surface area contributed by atoms with Crippen molar-refractivity contribution in [3.8, 4) is 0 Å². The Kier molecular flexibility index (Phi) is 3.21. The van der Waals surface area contributed by atoms with E-state index >= 15 is 0 Å². The number of hydrogen-bond acceptors (Lipinski definition) is 6. The lowest BCUT2D eigenvalue weighted by Gasteiger charge is -2.03. The molecule has 0 bridgehead atoms. The molecule has 2 heterocycles. The SMILES string of the molecule is Cn1ncnc1NS(=O)(=O)c1cnn(CC(=O)O)c1. The topological polar surface area (TPSA) is 132 Å². The molecule has 0 fully saturated rings. The Balaban J connectivity index is 2.22. The molecule has 102 valence electrons. The lowest BCUT2D eigenvalue weighted by Crippen LogP contribution is -2.16. The third kappa shape index (κ3) is 2.88. The van der Waals surface area contributed by atoms with Crippen LogP contribution in [0.3, 0.4) is 0 Å². The number of nitrogens with one attached hydrogen (secondary N) is 1. The second-order valence-corrected chi connectivity index (χ2v) is 5.26. The van der Waals surface area contributed by atoms with Gasteiger partial charge in [0.25, 0.3) is 10.0 Å². The Hall–Kier alpha value is -2.43. The molecule has 2 aromatic rings. The summed E-state index contributed by atoms with van der Waals surface area (Å²) in [4.78, 5) is 14.0. The van der Waals surface area contributed by atoms with Gasteiger partial charge >= 0.3 is 5.97 Å². The minimum atomic E-state index is -3.87. The molecule has 0 aliphatic carbocycles. The summed E-state index contributed by atoms with van der Waals surface area (Å²) in [6.07, 6.45) is 3.38. The fourth-order valence-corrected chi connectivity index (χ4v) is 2.27. The van der Waals surface area contributed by atoms with Crippen LogP contribution in [-0.4, -0.2) is 44.0 Å². The highest BCUT2D eigenvalue weighted by Crippen LogP contribution is 2.12. The van der Waals surface area contributed by atoms with Crippen LogP contribution in [0.25, 0.3) is 0 Å². The standard InChI is InChI=1S/C8H10N6O4S/c1-13-8(9-5-11-13)12-19(17,18)6-2-10-14(3-6)4-7(15)16/h2-3,5H,4H2,1H3,(H,15,16)(H,9,11,12). The number of carbonyl (C=O) groups is 1. The molecule has 0 aliphatic rings. The number of carboxylic acids is 1. The van der Waals surface area contributed by atoms with E-state index < -0.39 is 22.5 Å². The Morgan fingerprint density at radius 2 is 2.21 bits per heavy atom. The summed E-state index contributed by atoms with van der Waals surface area (Å²) in [6, 6.07) is 0. The van der Waals surface area contributed by atoms with Crippen LogP contribution in [0.2, 0.25) is 0 Å². The van der Waals surface area contributed by atoms with Gasteiger partial charge < -0.3 is 5.11 Å². The highest BCUT2D eigenvalue weighted by molar-refractivity contribution is 7.92. The van der Waals surface area contributed by atoms with E-state index in [-0.39, 0.29) is 10.8 Å². The first-order valence-electron chi connectivity index (χ1n) is 4.99. The Labute approximate surface area is 107 Å². The van der Waals surface area contributed by atoms with Crippen LogP contribution >= 0.6 is 0 Å². The first kappa shape index (κ1) is 13.0. The lowest BCUT2D eigenvalue weighted by atomic mass is 10.6. The van der Waals surface area contributed by atoms with Gasteiger partial charge in [-0.1, -0.05) is 0 Å². The van der Waals surface area contributed by atoms with E-state index in [1.54, 1.807) is 0 Å². The van der Waals surface area contributed by atoms with Crippen LogP contribution in [0.4, 0.5) is 5.95 Å². The molecule has 0 atom stereocenters. The number of sulfonamides is 1. The predicted octanol–water partition coefficient (Wildman–Crippen LogP) is -1.10. The number of hydrogen-bond donors (Lipinski definition) is 2. The minimum absolute atomic E-state index is 0.0472. The van der Waals surface area contributed by atoms with Crippen LogP contribution in [0.5, 0.6) is 0 Å². The molecule has 19 heavy (non-hydrogen) atoms. The Bertz CT molecular complexity index is 702. The summed E-state index contributed by atoms with van der Waals surface area (Å²) in [6.45, 7) is -0.417. The highest BCUT2D eigenvalue weighted by atomic mass is 32.2. The number of carboxylic acid groups (broad SMARTS) is 1. The molecule has 2 rings (SSSR count). The van der Waals surface area contributed by atoms with E-state index in [2.05, 4.69) is 19.9 Å². The first-order chi connectivity index (χ1) is 8.88. The molecule has 0 saturated carbocycles. The van der Waals surface area contributed by atoms with Gasteiger partial charge in [-0.15, -0.1) is 0 Å². The largest absolute Gasteiger partial charge is 0.480 e. The number of rotatable bonds is 5. The summed E-state index contributed by atoms with van der Waals surface area (Å²) in [7, 11) is -2.34. The molecule has 0 aromatic carbocycles. The molecule has 0 unspecified atom stereocenters. The molecule has 11 heteroatoms. The van der Waals surface area contributed by atoms with Crippen molar-refractivity contribution in [1.29, 1.82) is 0 Å². The second-order valence-electron chi connectivity index (χ2n) is 3.58. The maximum atomic E-state index is 12.0. The molecule has 2 aromatic heterocycles. The average molecular weight is 286 g/mol. The Morgan fingerprint density at radius 3 is 2.79 bits per heavy atom. The lowest BCUT2D eigenvalue weighted by molar-refractivity contribution is -0.137. The summed E-state index contributed by atoms with van der Waals surface area (Å²) in [5.74, 6) is -1.07. The van der Waals surface area contributed by atoms with Crippen LogP contribution < -0.4 is 4.72 Å². The van der Waals surface area contributed by atoms with Crippen molar-refractivity contribution in [3.63, 3.8) is 0 Å². The smallest absolute Gasteiger partial charge is 0.325 e. The molecule has 10 nitrogen and oxygen atoms in total. The molecule has 0 aliphatic heterocycles. The van der Waals surface area contributed by atoms with E-state index in [1.807, 2.05) is 0 Å². The van der Waals surface area contributed by atoms with Crippen molar-refractivity contribution in [2.75, 3.05) is 4.72 Å². The summed E-state index contributed by atoms with van der Waals surface area (Å²) < 4.78 is 28.4. The van der Waals surface area contributed by atoms with Crippen LogP contribution in [0.15, 0.2) is 23.6 Å². The normalized spacial score (nSPS) is 11.4. The summed E-state index contributed by atoms with van der Waals surface area (Å²) in [5.41, 5.74) is 0. The average Bonchev–Trinajstić information content (AvgIpc) is 2.88. The number of aryl methyl sites for hydroxylation is 1. The van der Waals surface area contributed by atoms with Gasteiger partial charge in [-0.05, 0) is 0 Å². The van der Waals surface area contributed by atoms with Crippen molar-refractivity contribution in [3.05, 3.63) is 18.7 Å². The molecule has 0 saturated heterocycles. The predicted molar refractivity (Wildman–Crippen MR) is 61.7 cm³/mol. The highest BCUT2D eigenvalue weighted by Gasteiger charge is 2.19. The van der Waals surface area contributed by atoms with Gasteiger partial charge in [0.15, 0.2) is 0 Å². The number of aromatic nitrogens is 5. The fraction of sp³-hybridized carbons (Fsp3) is 0.250. The van der Waals surface area contributed by atoms with Crippen molar-refractivity contribution < 1.29 is 18.3 Å². The third-order valence-electron chi connectivity index (χ3n) is 2.15. The Morgan fingerprint density at radius 1 is 1.47 bits per heavy atom. The zero-order chi connectivity index (χ0) is 14.0. The quantitative estimate of drug-likeness (QED) is 0.712. The van der Waals surface area contributed by atoms with Crippen molar-refractivity contribution >= 4 is 21.9 Å². The van der Waals surface area contributed by atoms with Gasteiger partial charge in [0.2, 0.25) is 5.95 Å². The van der Waals surface area contributed by atoms with Gasteiger partial charge in [0, 0.05) is 13.2 Å². The van der Waals surface area contributed by atoms with Crippen molar-refractivity contribution in [1.82, 2.24) is 24.5 Å². The zero-order valence-corrected chi connectivity index (χ0v) is 10.6. The molecular weight excluding hydrogens is 276 g/mol. The monoisotopic (exact) mass is 286 g/mol. The molecule has 0 spiro atoms. The fourth-order valence-electron chi connectivity index (χ4n) is 1.28. The molecule has 0 radical (unpaired) electrons. The number of nitrogens with zero attached hydrogens (tertiary/aromatic N) is 5. The number of anilines is 1. The third-order valence-corrected chi connectivity index (χ3v) is 3.44. The van der Waals surface area contributed by atoms with Gasteiger partial charge in [-0.3, -0.25) is 9.48 Å². The van der Waals surface area contributed by atoms with E-state index in [4.69, 9.17) is 5.11 Å². The van der Waals surface area contributed by atoms with Crippen molar-refractivity contribution in [2.45, 2.75) is 11.4 Å². The van der Waals surface area contributed by atoms with Gasteiger partial charge in [0.05, 0.1) is 6.20 Å². The van der Waals surface area contributed by atoms with Gasteiger partial charge in [0.1, 0.15) is 17.8 Å². The zero-order valence-electron chi connectivity index (χ0n) is 9.76. The second kappa shape index (κ2) is 4.68. The maximum absolute atomic E-state index is 12.0. The summed E-state index contributed by atoms with van der Waals surface area (Å²) >= 11 is 0. The van der Waals surface area contributed by atoms with E-state index in [0.717, 1.165) is 17.1 Å². The minimum Gasteiger partial charge on any atom is -0.480 e. The van der Waals surface area contributed by atoms with E-state index in [1.165, 1.54) is 18.1 Å². The molecule has 2 N–H and O–H groups in total. The van der Waals surface area contributed by atoms with Gasteiger partial charge in [-0.25, -0.2) is 17.8 Å². The number of aliphatic carboxylic acids is 1. The van der Waals surface area contributed by atoms with Crippen LogP contribution in [-0.2, 0) is 28.4 Å². The van der Waals surface area contributed by atoms with E-state index in [9.17, 15) is 13.2 Å². The molecular formula is C8H10N6O4S. The van der Waals surface area contributed by atoms with Crippen molar-refractivity contribution in [2.24, 2.45) is 7.05 Å². The molecule has 0 amide bonds. The first-order valence-corrected chi connectivity index (χ1v) is 6.48. The van der Waals surface area contributed by atoms with E-state index in [0.29, 0.717) is 0 Å². The summed E-state index contributed by atoms with van der Waals surface area (Å²) in [5, 5.41) is 15.9.